The SMILES string of the molecule is CC(C)C(C=NC(=CC=NCc1ccccc1)NCC/C=C/CCN)=CN. The second-order valence-corrected chi connectivity index (χ2v) is 6.37. The number of aliphatic imine (C=N–C) groups is 2. The maximum absolute atomic E-state index is 5.68. The van der Waals surface area contributed by atoms with Crippen molar-refractivity contribution < 1.29 is 0 Å². The molecule has 5 N–H and O–H groups in total. The van der Waals surface area contributed by atoms with Gasteiger partial charge in [-0.15, -0.1) is 0 Å². The number of benzene rings is 1. The van der Waals surface area contributed by atoms with E-state index < -0.39 is 0 Å². The molecule has 0 saturated heterocycles. The van der Waals surface area contributed by atoms with Gasteiger partial charge in [0.15, 0.2) is 0 Å². The number of allylic oxidation sites excluding steroid dienone is 2. The minimum atomic E-state index is 0.325. The van der Waals surface area contributed by atoms with E-state index in [1.54, 1.807) is 18.6 Å². The number of hydrogen-bond acceptors (Lipinski definition) is 5. The first kappa shape index (κ1) is 22.4. The molecule has 0 aliphatic rings. The third-order valence-corrected chi connectivity index (χ3v) is 3.78. The molecule has 0 unspecified atom stereocenters. The predicted molar refractivity (Wildman–Crippen MR) is 118 cm³/mol. The van der Waals surface area contributed by atoms with Crippen molar-refractivity contribution in [3.8, 4) is 0 Å². The van der Waals surface area contributed by atoms with Crippen LogP contribution in [0, 0.1) is 5.92 Å². The molecule has 0 aromatic heterocycles. The van der Waals surface area contributed by atoms with Gasteiger partial charge in [0, 0.05) is 19.0 Å². The van der Waals surface area contributed by atoms with Crippen molar-refractivity contribution in [1.29, 1.82) is 0 Å². The fourth-order valence-corrected chi connectivity index (χ4v) is 2.16. The van der Waals surface area contributed by atoms with Crippen LogP contribution in [0.25, 0.3) is 0 Å². The van der Waals surface area contributed by atoms with Gasteiger partial charge < -0.3 is 16.8 Å². The zero-order valence-corrected chi connectivity index (χ0v) is 16.5. The van der Waals surface area contributed by atoms with Crippen LogP contribution in [0.5, 0.6) is 0 Å². The first-order valence-corrected chi connectivity index (χ1v) is 9.46. The van der Waals surface area contributed by atoms with Gasteiger partial charge in [-0.3, -0.25) is 4.99 Å². The highest BCUT2D eigenvalue weighted by molar-refractivity contribution is 5.80. The highest BCUT2D eigenvalue weighted by Crippen LogP contribution is 2.06. The van der Waals surface area contributed by atoms with Crippen molar-refractivity contribution in [2.24, 2.45) is 27.4 Å². The lowest BCUT2D eigenvalue weighted by molar-refractivity contribution is 0.786. The molecule has 1 aromatic rings. The first-order valence-electron chi connectivity index (χ1n) is 9.46. The van der Waals surface area contributed by atoms with E-state index in [1.165, 1.54) is 5.56 Å². The van der Waals surface area contributed by atoms with Crippen molar-refractivity contribution >= 4 is 12.4 Å². The maximum Gasteiger partial charge on any atom is 0.127 e. The van der Waals surface area contributed by atoms with Crippen molar-refractivity contribution in [3.63, 3.8) is 0 Å². The average molecular weight is 368 g/mol. The van der Waals surface area contributed by atoms with Crippen LogP contribution in [0.15, 0.2) is 76.1 Å². The molecule has 0 aliphatic heterocycles. The molecule has 27 heavy (non-hydrogen) atoms. The molecular formula is C22H33N5. The van der Waals surface area contributed by atoms with Crippen molar-refractivity contribution in [1.82, 2.24) is 5.32 Å². The highest BCUT2D eigenvalue weighted by atomic mass is 15.0. The maximum atomic E-state index is 5.68. The lowest BCUT2D eigenvalue weighted by Gasteiger charge is -2.07. The van der Waals surface area contributed by atoms with Gasteiger partial charge in [-0.05, 0) is 48.7 Å². The van der Waals surface area contributed by atoms with Gasteiger partial charge in [-0.2, -0.15) is 0 Å². The summed E-state index contributed by atoms with van der Waals surface area (Å²) >= 11 is 0. The number of nitrogens with two attached hydrogens (primary N) is 2. The van der Waals surface area contributed by atoms with E-state index in [9.17, 15) is 0 Å². The lowest BCUT2D eigenvalue weighted by atomic mass is 10.1. The Morgan fingerprint density at radius 1 is 1.15 bits per heavy atom. The van der Waals surface area contributed by atoms with E-state index in [0.29, 0.717) is 19.0 Å². The normalized spacial score (nSPS) is 13.5. The number of rotatable bonds is 12. The van der Waals surface area contributed by atoms with Gasteiger partial charge in [-0.25, -0.2) is 4.99 Å². The molecular weight excluding hydrogens is 334 g/mol. The highest BCUT2D eigenvalue weighted by Gasteiger charge is 1.99. The summed E-state index contributed by atoms with van der Waals surface area (Å²) in [4.78, 5) is 8.99. The van der Waals surface area contributed by atoms with Gasteiger partial charge in [0.25, 0.3) is 0 Å². The molecule has 1 rings (SSSR count). The Labute approximate surface area is 163 Å². The monoisotopic (exact) mass is 367 g/mol. The van der Waals surface area contributed by atoms with E-state index in [2.05, 4.69) is 53.4 Å². The quantitative estimate of drug-likeness (QED) is 0.300. The summed E-state index contributed by atoms with van der Waals surface area (Å²) in [5, 5.41) is 3.34. The molecule has 5 heteroatoms. The standard InChI is InChI=1S/C22H33N5/c1-19(2)21(16-24)18-27-22(26-14-9-4-3-8-13-23)12-15-25-17-20-10-6-5-7-11-20/h3-7,10-12,15-16,18-19,26H,8-9,13-14,17,23-24H2,1-2H3/b4-3+,21-16?,22-12?,25-15?,27-18?. The molecule has 0 bridgehead atoms. The third-order valence-electron chi connectivity index (χ3n) is 3.78. The fourth-order valence-electron chi connectivity index (χ4n) is 2.16. The smallest absolute Gasteiger partial charge is 0.127 e. The summed E-state index contributed by atoms with van der Waals surface area (Å²) in [6.07, 6.45) is 13.1. The largest absolute Gasteiger partial charge is 0.404 e. The molecule has 0 spiro atoms. The third kappa shape index (κ3) is 10.8. The molecule has 0 aliphatic carbocycles. The van der Waals surface area contributed by atoms with E-state index in [1.807, 2.05) is 24.3 Å². The molecule has 0 radical (unpaired) electrons. The van der Waals surface area contributed by atoms with E-state index in [-0.39, 0.29) is 0 Å². The van der Waals surface area contributed by atoms with Crippen LogP contribution >= 0.6 is 0 Å². The van der Waals surface area contributed by atoms with E-state index in [4.69, 9.17) is 11.5 Å². The number of nitrogens with zero attached hydrogens (tertiary/aromatic N) is 2. The van der Waals surface area contributed by atoms with Crippen molar-refractivity contribution in [3.05, 3.63) is 71.7 Å². The van der Waals surface area contributed by atoms with Crippen LogP contribution < -0.4 is 16.8 Å². The Hall–Kier alpha value is -2.66. The van der Waals surface area contributed by atoms with Crippen LogP contribution in [0.1, 0.15) is 32.3 Å². The van der Waals surface area contributed by atoms with Crippen LogP contribution in [0.4, 0.5) is 0 Å². The molecule has 0 heterocycles. The van der Waals surface area contributed by atoms with E-state index >= 15 is 0 Å². The van der Waals surface area contributed by atoms with Gasteiger partial charge in [0.1, 0.15) is 5.82 Å². The van der Waals surface area contributed by atoms with Gasteiger partial charge >= 0.3 is 0 Å². The Bertz CT molecular complexity index is 655. The molecule has 0 saturated carbocycles. The summed E-state index contributed by atoms with van der Waals surface area (Å²) in [7, 11) is 0. The number of hydrogen-bond donors (Lipinski definition) is 3. The Morgan fingerprint density at radius 3 is 2.56 bits per heavy atom. The molecule has 146 valence electrons. The van der Waals surface area contributed by atoms with Crippen LogP contribution in [-0.2, 0) is 6.54 Å². The first-order chi connectivity index (χ1) is 13.2. The summed E-state index contributed by atoms with van der Waals surface area (Å²) in [5.74, 6) is 1.09. The zero-order valence-electron chi connectivity index (χ0n) is 16.5. The minimum absolute atomic E-state index is 0.325. The summed E-state index contributed by atoms with van der Waals surface area (Å²) in [6, 6.07) is 10.2. The topological polar surface area (TPSA) is 88.8 Å². The van der Waals surface area contributed by atoms with Gasteiger partial charge in [-0.1, -0.05) is 56.3 Å². The molecule has 0 fully saturated rings. The van der Waals surface area contributed by atoms with Crippen LogP contribution in [0.3, 0.4) is 0 Å². The van der Waals surface area contributed by atoms with Gasteiger partial charge in [0.05, 0.1) is 6.54 Å². The fraction of sp³-hybridized carbons (Fsp3) is 0.364. The Kier molecular flexibility index (Phi) is 12.0. The Morgan fingerprint density at radius 2 is 1.89 bits per heavy atom. The average Bonchev–Trinajstić information content (AvgIpc) is 2.68. The summed E-state index contributed by atoms with van der Waals surface area (Å²) in [6.45, 7) is 6.30. The molecule has 5 nitrogen and oxygen atoms in total. The van der Waals surface area contributed by atoms with Crippen molar-refractivity contribution in [2.75, 3.05) is 13.1 Å². The van der Waals surface area contributed by atoms with Gasteiger partial charge in [0.2, 0.25) is 0 Å². The second-order valence-electron chi connectivity index (χ2n) is 6.37. The predicted octanol–water partition coefficient (Wildman–Crippen LogP) is 3.55. The molecule has 1 aromatic carbocycles. The molecule has 0 amide bonds. The van der Waals surface area contributed by atoms with E-state index in [0.717, 1.165) is 30.8 Å². The second kappa shape index (κ2) is 14.5. The zero-order chi connectivity index (χ0) is 19.7. The molecule has 0 atom stereocenters. The summed E-state index contributed by atoms with van der Waals surface area (Å²) < 4.78 is 0. The minimum Gasteiger partial charge on any atom is -0.404 e. The number of nitrogens with one attached hydrogen (secondary N) is 1. The Balaban J connectivity index is 2.68. The summed E-state index contributed by atoms with van der Waals surface area (Å²) in [5.41, 5.74) is 13.3. The van der Waals surface area contributed by atoms with Crippen LogP contribution in [0.2, 0.25) is 0 Å². The lowest BCUT2D eigenvalue weighted by Crippen LogP contribution is -2.14. The van der Waals surface area contributed by atoms with Crippen LogP contribution in [-0.4, -0.2) is 25.5 Å². The van der Waals surface area contributed by atoms with Crippen molar-refractivity contribution in [2.45, 2.75) is 33.2 Å².